The van der Waals surface area contributed by atoms with E-state index in [0.29, 0.717) is 60.8 Å². The Balaban J connectivity index is 1.28. The number of rotatable bonds is 13. The van der Waals surface area contributed by atoms with E-state index in [0.717, 1.165) is 35.2 Å². The average molecular weight is 835 g/mol. The zero-order valence-electron chi connectivity index (χ0n) is 31.8. The Morgan fingerprint density at radius 3 is 2.33 bits per heavy atom. The zero-order valence-corrected chi connectivity index (χ0v) is 32.6. The van der Waals surface area contributed by atoms with Crippen LogP contribution in [0.25, 0.3) is 0 Å². The summed E-state index contributed by atoms with van der Waals surface area (Å²) in [5.74, 6) is -2.30. The summed E-state index contributed by atoms with van der Waals surface area (Å²) in [5, 5.41) is 21.5. The minimum absolute atomic E-state index is 0.0119. The zero-order chi connectivity index (χ0) is 41.9. The normalized spacial score (nSPS) is 21.7. The summed E-state index contributed by atoms with van der Waals surface area (Å²) in [6.45, 7) is 1.96. The molecule has 2 amide bonds. The number of carbonyl (C=O) groups excluding carboxylic acids is 2. The van der Waals surface area contributed by atoms with Crippen LogP contribution in [0.3, 0.4) is 0 Å². The Labute approximate surface area is 335 Å². The number of thiophene rings is 1. The number of hydrogen-bond acceptors (Lipinski definition) is 8. The van der Waals surface area contributed by atoms with Gasteiger partial charge in [0.1, 0.15) is 16.4 Å². The maximum atomic E-state index is 15.0. The number of hydrogen-bond donors (Lipinski definition) is 1. The van der Waals surface area contributed by atoms with Crippen molar-refractivity contribution in [2.24, 2.45) is 5.41 Å². The van der Waals surface area contributed by atoms with Gasteiger partial charge in [-0.25, -0.2) is 0 Å². The molecule has 2 atom stereocenters. The standard InChI is InChI=1S/C41H44F6N4O6S/c1-2-8-32-39(57-27-23-33(58-25-27)41(45,46)47,15-6-19-51(32)34(52)28-24-49-18-11-29(28)40(42,43)44)35(53)50-20-16-38(26-48,17-21-50)30-9-3-4-10-31(30)56-22-7-14-37(36(54)55)12-5-13-37/h3-4,9-11,18,23-25,32H,2,5-8,12-17,19-22H2,1H3,(H,54,55)/t32-,39+/m1/s1. The van der Waals surface area contributed by atoms with Crippen LogP contribution in [0, 0.1) is 16.7 Å². The number of halogens is 6. The first-order valence-electron chi connectivity index (χ1n) is 19.3. The van der Waals surface area contributed by atoms with Gasteiger partial charge in [-0.05, 0) is 63.5 Å². The second-order valence-electron chi connectivity index (χ2n) is 15.3. The topological polar surface area (TPSA) is 133 Å². The van der Waals surface area contributed by atoms with Gasteiger partial charge in [0.05, 0.1) is 40.7 Å². The molecule has 0 radical (unpaired) electrons. The van der Waals surface area contributed by atoms with Crippen LogP contribution in [0.2, 0.25) is 0 Å². The van der Waals surface area contributed by atoms with Gasteiger partial charge in [0, 0.05) is 55.5 Å². The number of benzene rings is 1. The van der Waals surface area contributed by atoms with Crippen molar-refractivity contribution in [1.29, 1.82) is 5.26 Å². The summed E-state index contributed by atoms with van der Waals surface area (Å²) in [6.07, 6.45) is -4.08. The van der Waals surface area contributed by atoms with Gasteiger partial charge in [-0.2, -0.15) is 31.6 Å². The van der Waals surface area contributed by atoms with Crippen molar-refractivity contribution in [2.75, 3.05) is 26.2 Å². The first-order chi connectivity index (χ1) is 27.5. The fourth-order valence-corrected chi connectivity index (χ4v) is 9.33. The number of amides is 2. The van der Waals surface area contributed by atoms with Crippen LogP contribution < -0.4 is 9.47 Å². The molecule has 1 N–H and O–H groups in total. The summed E-state index contributed by atoms with van der Waals surface area (Å²) >= 11 is 0.366. The van der Waals surface area contributed by atoms with Crippen LogP contribution in [0.15, 0.2) is 54.2 Å². The predicted molar refractivity (Wildman–Crippen MR) is 199 cm³/mol. The number of alkyl halides is 6. The van der Waals surface area contributed by atoms with Crippen molar-refractivity contribution >= 4 is 29.1 Å². The molecule has 0 bridgehead atoms. The summed E-state index contributed by atoms with van der Waals surface area (Å²) in [4.78, 5) is 46.4. The summed E-state index contributed by atoms with van der Waals surface area (Å²) in [7, 11) is 0. The van der Waals surface area contributed by atoms with Crippen LogP contribution in [-0.4, -0.2) is 75.6 Å². The minimum atomic E-state index is -4.90. The van der Waals surface area contributed by atoms with Crippen molar-refractivity contribution < 1.29 is 55.3 Å². The Morgan fingerprint density at radius 1 is 1.00 bits per heavy atom. The van der Waals surface area contributed by atoms with Gasteiger partial charge in [-0.15, -0.1) is 11.3 Å². The van der Waals surface area contributed by atoms with Crippen molar-refractivity contribution in [2.45, 2.75) is 107 Å². The Morgan fingerprint density at radius 2 is 1.72 bits per heavy atom. The lowest BCUT2D eigenvalue weighted by atomic mass is 9.66. The molecule has 17 heteroatoms. The first kappa shape index (κ1) is 42.7. The minimum Gasteiger partial charge on any atom is -0.493 e. The van der Waals surface area contributed by atoms with E-state index < -0.39 is 68.6 Å². The third-order valence-corrected chi connectivity index (χ3v) is 12.9. The fourth-order valence-electron chi connectivity index (χ4n) is 8.66. The Kier molecular flexibility index (Phi) is 12.4. The maximum Gasteiger partial charge on any atom is 0.425 e. The SMILES string of the molecule is CCC[C@H]1N(C(=O)c2cnccc2C(F)(F)F)CCC[C@@]1(Oc1csc(C(F)(F)F)c1)C(=O)N1CCC(C#N)(c2ccccc2OCCCC2(C(=O)O)CCC2)CC1. The molecular weight excluding hydrogens is 791 g/mol. The van der Waals surface area contributed by atoms with Crippen LogP contribution in [0.5, 0.6) is 11.5 Å². The molecule has 10 nitrogen and oxygen atoms in total. The molecule has 1 saturated carbocycles. The van der Waals surface area contributed by atoms with E-state index in [4.69, 9.17) is 9.47 Å². The average Bonchev–Trinajstić information content (AvgIpc) is 3.66. The van der Waals surface area contributed by atoms with E-state index >= 15 is 4.79 Å². The molecule has 2 aromatic heterocycles. The Hall–Kier alpha value is -4.85. The van der Waals surface area contributed by atoms with Crippen LogP contribution in [-0.2, 0) is 27.4 Å². The van der Waals surface area contributed by atoms with Gasteiger partial charge >= 0.3 is 18.3 Å². The number of carboxylic acid groups (broad SMARTS) is 1. The van der Waals surface area contributed by atoms with Crippen molar-refractivity contribution in [3.8, 4) is 17.6 Å². The molecule has 6 rings (SSSR count). The molecule has 1 aromatic carbocycles. The molecule has 2 aliphatic heterocycles. The fraction of sp³-hybridized carbons (Fsp3) is 0.537. The number of aromatic nitrogens is 1. The number of likely N-dealkylation sites (tertiary alicyclic amines) is 2. The number of carbonyl (C=O) groups is 3. The summed E-state index contributed by atoms with van der Waals surface area (Å²) in [6, 6.07) is 9.74. The highest BCUT2D eigenvalue weighted by Gasteiger charge is 2.57. The van der Waals surface area contributed by atoms with E-state index in [1.165, 1.54) is 4.90 Å². The molecule has 0 unspecified atom stereocenters. The van der Waals surface area contributed by atoms with Crippen LogP contribution in [0.1, 0.15) is 104 Å². The first-order valence-corrected chi connectivity index (χ1v) is 20.2. The second kappa shape index (κ2) is 16.8. The van der Waals surface area contributed by atoms with Crippen LogP contribution in [0.4, 0.5) is 26.3 Å². The molecule has 4 heterocycles. The molecule has 312 valence electrons. The largest absolute Gasteiger partial charge is 0.493 e. The number of ether oxygens (including phenoxy) is 2. The van der Waals surface area contributed by atoms with Crippen molar-refractivity contribution in [3.63, 3.8) is 0 Å². The van der Waals surface area contributed by atoms with Crippen LogP contribution >= 0.6 is 11.3 Å². The quantitative estimate of drug-likeness (QED) is 0.133. The highest BCUT2D eigenvalue weighted by atomic mass is 32.1. The van der Waals surface area contributed by atoms with E-state index in [9.17, 15) is 46.3 Å². The lowest BCUT2D eigenvalue weighted by Gasteiger charge is -2.51. The number of nitriles is 1. The highest BCUT2D eigenvalue weighted by Crippen LogP contribution is 2.47. The molecule has 1 aliphatic carbocycles. The van der Waals surface area contributed by atoms with E-state index in [1.54, 1.807) is 31.2 Å². The monoisotopic (exact) mass is 834 g/mol. The summed E-state index contributed by atoms with van der Waals surface area (Å²) < 4.78 is 96.0. The third kappa shape index (κ3) is 8.35. The molecule has 3 aromatic rings. The van der Waals surface area contributed by atoms with Crippen molar-refractivity contribution in [1.82, 2.24) is 14.8 Å². The molecule has 0 spiro atoms. The summed E-state index contributed by atoms with van der Waals surface area (Å²) in [5.41, 5.74) is -5.18. The number of para-hydroxylation sites is 1. The maximum absolute atomic E-state index is 15.0. The lowest BCUT2D eigenvalue weighted by Crippen LogP contribution is -2.68. The number of carboxylic acids is 1. The van der Waals surface area contributed by atoms with Gasteiger partial charge in [0.25, 0.3) is 11.8 Å². The number of aliphatic carboxylic acids is 1. The second-order valence-corrected chi connectivity index (χ2v) is 16.2. The molecule has 2 saturated heterocycles. The number of nitrogens with zero attached hydrogens (tertiary/aromatic N) is 4. The third-order valence-electron chi connectivity index (χ3n) is 11.9. The van der Waals surface area contributed by atoms with Gasteiger partial charge in [0.15, 0.2) is 0 Å². The predicted octanol–water partition coefficient (Wildman–Crippen LogP) is 8.90. The molecule has 3 aliphatic rings. The van der Waals surface area contributed by atoms with E-state index in [-0.39, 0.29) is 64.1 Å². The van der Waals surface area contributed by atoms with Gasteiger partial charge in [0.2, 0.25) is 5.60 Å². The molecular formula is C41H44F6N4O6S. The lowest BCUT2D eigenvalue weighted by molar-refractivity contribution is -0.160. The smallest absolute Gasteiger partial charge is 0.425 e. The van der Waals surface area contributed by atoms with Gasteiger partial charge < -0.3 is 24.4 Å². The van der Waals surface area contributed by atoms with Gasteiger partial charge in [-0.3, -0.25) is 19.4 Å². The molecule has 58 heavy (non-hydrogen) atoms. The highest BCUT2D eigenvalue weighted by molar-refractivity contribution is 7.10. The van der Waals surface area contributed by atoms with Gasteiger partial charge in [-0.1, -0.05) is 38.0 Å². The van der Waals surface area contributed by atoms with E-state index in [1.807, 2.05) is 0 Å². The van der Waals surface area contributed by atoms with Crippen molar-refractivity contribution in [3.05, 3.63) is 75.7 Å². The number of piperidine rings is 2. The van der Waals surface area contributed by atoms with E-state index in [2.05, 4.69) is 11.1 Å². The molecule has 3 fully saturated rings. The Bertz CT molecular complexity index is 2020. The number of pyridine rings is 1.